The van der Waals surface area contributed by atoms with Crippen LogP contribution in [0.3, 0.4) is 0 Å². The quantitative estimate of drug-likeness (QED) is 0.178. The Kier molecular flexibility index (Phi) is 6.67. The van der Waals surface area contributed by atoms with Gasteiger partial charge >= 0.3 is 0 Å². The molecule has 0 bridgehead atoms. The van der Waals surface area contributed by atoms with Crippen molar-refractivity contribution in [3.05, 3.63) is 199 Å². The number of para-hydroxylation sites is 4. The second kappa shape index (κ2) is 11.6. The van der Waals surface area contributed by atoms with Crippen molar-refractivity contribution in [2.45, 2.75) is 12.3 Å². The molecule has 0 saturated carbocycles. The van der Waals surface area contributed by atoms with E-state index in [2.05, 4.69) is 197 Å². The number of hydrogen-bond donors (Lipinski definition) is 0. The van der Waals surface area contributed by atoms with Gasteiger partial charge in [-0.05, 0) is 88.8 Å². The summed E-state index contributed by atoms with van der Waals surface area (Å²) in [6, 6.07) is 61.9. The number of aromatic nitrogens is 2. The highest BCUT2D eigenvalue weighted by atomic mass is 15.0. The van der Waals surface area contributed by atoms with Crippen molar-refractivity contribution in [3.8, 4) is 22.5 Å². The summed E-state index contributed by atoms with van der Waals surface area (Å²) in [4.78, 5) is 0. The van der Waals surface area contributed by atoms with Gasteiger partial charge in [0.1, 0.15) is 0 Å². The van der Waals surface area contributed by atoms with Crippen molar-refractivity contribution >= 4 is 49.2 Å². The maximum absolute atomic E-state index is 2.44. The zero-order valence-electron chi connectivity index (χ0n) is 27.6. The molecule has 1 aliphatic carbocycles. The molecular formula is C48H34N2. The maximum atomic E-state index is 2.44. The van der Waals surface area contributed by atoms with Gasteiger partial charge in [0.05, 0.1) is 22.1 Å². The van der Waals surface area contributed by atoms with Crippen molar-refractivity contribution in [1.82, 2.24) is 9.13 Å². The van der Waals surface area contributed by atoms with Gasteiger partial charge in [-0.25, -0.2) is 0 Å². The van der Waals surface area contributed by atoms with Crippen molar-refractivity contribution in [1.29, 1.82) is 0 Å². The number of rotatable bonds is 5. The highest BCUT2D eigenvalue weighted by Crippen LogP contribution is 2.36. The lowest BCUT2D eigenvalue weighted by Gasteiger charge is -2.19. The average Bonchev–Trinajstić information content (AvgIpc) is 3.71. The standard InChI is InChI=1S/C48H34N2/c1-5-19-45-41(15-1)42-16-2-6-20-46(42)49(45)39-27-23-33(24-28-39)35-11-9-13-37(31-35)38-14-10-12-36(32-38)34-25-29-40(30-26-34)50-47-21-7-3-17-43(47)44-18-4-8-22-48(44)50/h1-11,13-32,36H,12H2. The van der Waals surface area contributed by atoms with Crippen LogP contribution in [0, 0.1) is 0 Å². The third-order valence-corrected chi connectivity index (χ3v) is 10.5. The van der Waals surface area contributed by atoms with E-state index in [1.54, 1.807) is 0 Å². The van der Waals surface area contributed by atoms with Crippen LogP contribution >= 0.6 is 0 Å². The number of allylic oxidation sites excluding steroid dienone is 4. The fourth-order valence-electron chi connectivity index (χ4n) is 8.06. The van der Waals surface area contributed by atoms with E-state index in [4.69, 9.17) is 0 Å². The molecule has 0 spiro atoms. The molecule has 0 aliphatic heterocycles. The van der Waals surface area contributed by atoms with E-state index in [0.717, 1.165) is 6.42 Å². The largest absolute Gasteiger partial charge is 0.309 e. The molecule has 2 nitrogen and oxygen atoms in total. The summed E-state index contributed by atoms with van der Waals surface area (Å²) >= 11 is 0. The van der Waals surface area contributed by atoms with Crippen LogP contribution in [0.4, 0.5) is 0 Å². The van der Waals surface area contributed by atoms with E-state index in [-0.39, 0.29) is 0 Å². The highest BCUT2D eigenvalue weighted by molar-refractivity contribution is 6.10. The van der Waals surface area contributed by atoms with Gasteiger partial charge in [0.2, 0.25) is 0 Å². The summed E-state index contributed by atoms with van der Waals surface area (Å²) in [6.07, 6.45) is 8.06. The molecule has 0 radical (unpaired) electrons. The molecule has 2 heteroatoms. The Morgan fingerprint density at radius 2 is 0.860 bits per heavy atom. The molecule has 0 saturated heterocycles. The van der Waals surface area contributed by atoms with Crippen LogP contribution < -0.4 is 0 Å². The Morgan fingerprint density at radius 3 is 1.38 bits per heavy atom. The molecule has 50 heavy (non-hydrogen) atoms. The van der Waals surface area contributed by atoms with Gasteiger partial charge in [-0.3, -0.25) is 0 Å². The molecule has 1 unspecified atom stereocenters. The van der Waals surface area contributed by atoms with Crippen molar-refractivity contribution < 1.29 is 0 Å². The second-order valence-electron chi connectivity index (χ2n) is 13.3. The van der Waals surface area contributed by atoms with Crippen LogP contribution in [0.1, 0.15) is 23.5 Å². The van der Waals surface area contributed by atoms with E-state index < -0.39 is 0 Å². The van der Waals surface area contributed by atoms with Gasteiger partial charge in [-0.2, -0.15) is 0 Å². The van der Waals surface area contributed by atoms with Gasteiger partial charge in [-0.15, -0.1) is 0 Å². The molecule has 0 amide bonds. The minimum Gasteiger partial charge on any atom is -0.309 e. The van der Waals surface area contributed by atoms with Gasteiger partial charge in [0.15, 0.2) is 0 Å². The van der Waals surface area contributed by atoms with Gasteiger partial charge < -0.3 is 9.13 Å². The Hall–Kier alpha value is -6.38. The average molecular weight is 639 g/mol. The Bertz CT molecular complexity index is 2660. The third kappa shape index (κ3) is 4.64. The monoisotopic (exact) mass is 638 g/mol. The molecule has 7 aromatic carbocycles. The first-order valence-corrected chi connectivity index (χ1v) is 17.5. The molecule has 10 rings (SSSR count). The predicted octanol–water partition coefficient (Wildman–Crippen LogP) is 12.7. The smallest absolute Gasteiger partial charge is 0.0541 e. The van der Waals surface area contributed by atoms with Gasteiger partial charge in [0.25, 0.3) is 0 Å². The van der Waals surface area contributed by atoms with Crippen molar-refractivity contribution in [3.63, 3.8) is 0 Å². The van der Waals surface area contributed by atoms with E-state index in [1.807, 2.05) is 0 Å². The Labute approximate surface area is 291 Å². The molecule has 1 atom stereocenters. The minimum atomic E-state index is 0.330. The number of hydrogen-bond acceptors (Lipinski definition) is 0. The van der Waals surface area contributed by atoms with Crippen LogP contribution in [0.15, 0.2) is 188 Å². The molecule has 0 N–H and O–H groups in total. The molecule has 0 fully saturated rings. The van der Waals surface area contributed by atoms with Crippen LogP contribution in [0.2, 0.25) is 0 Å². The van der Waals surface area contributed by atoms with Crippen LogP contribution in [0.5, 0.6) is 0 Å². The molecule has 1 aliphatic rings. The first-order chi connectivity index (χ1) is 24.8. The predicted molar refractivity (Wildman–Crippen MR) is 211 cm³/mol. The lowest BCUT2D eigenvalue weighted by Crippen LogP contribution is -2.00. The maximum Gasteiger partial charge on any atom is 0.0541 e. The zero-order chi connectivity index (χ0) is 33.0. The van der Waals surface area contributed by atoms with Crippen LogP contribution in [0.25, 0.3) is 71.7 Å². The number of nitrogens with zero attached hydrogens (tertiary/aromatic N) is 2. The summed E-state index contributed by atoms with van der Waals surface area (Å²) in [6.45, 7) is 0. The third-order valence-electron chi connectivity index (χ3n) is 10.5. The summed E-state index contributed by atoms with van der Waals surface area (Å²) in [5, 5.41) is 5.15. The fourth-order valence-corrected chi connectivity index (χ4v) is 8.06. The molecule has 9 aromatic rings. The summed E-state index contributed by atoms with van der Waals surface area (Å²) in [5.74, 6) is 0.330. The van der Waals surface area contributed by atoms with Gasteiger partial charge in [0, 0.05) is 38.8 Å². The first-order valence-electron chi connectivity index (χ1n) is 17.5. The van der Waals surface area contributed by atoms with E-state index >= 15 is 0 Å². The normalized spacial score (nSPS) is 14.6. The SMILES string of the molecule is C1=CC(c2cccc(-c3ccc(-n4c5ccccc5c5ccccc54)cc3)c2)=CC(c2ccc(-n3c4ccccc4c4ccccc43)cc2)C1. The Morgan fingerprint density at radius 1 is 0.400 bits per heavy atom. The number of benzene rings is 7. The van der Waals surface area contributed by atoms with Crippen LogP contribution in [-0.4, -0.2) is 9.13 Å². The van der Waals surface area contributed by atoms with E-state index in [1.165, 1.54) is 82.8 Å². The van der Waals surface area contributed by atoms with E-state index in [0.29, 0.717) is 5.92 Å². The zero-order valence-corrected chi connectivity index (χ0v) is 27.6. The first kappa shape index (κ1) is 28.6. The molecule has 2 aromatic heterocycles. The van der Waals surface area contributed by atoms with Gasteiger partial charge in [-0.1, -0.05) is 133 Å². The summed E-state index contributed by atoms with van der Waals surface area (Å²) in [7, 11) is 0. The highest BCUT2D eigenvalue weighted by Gasteiger charge is 2.16. The fraction of sp³-hybridized carbons (Fsp3) is 0.0417. The summed E-state index contributed by atoms with van der Waals surface area (Å²) < 4.78 is 4.76. The van der Waals surface area contributed by atoms with E-state index in [9.17, 15) is 0 Å². The number of fused-ring (bicyclic) bond motifs is 6. The van der Waals surface area contributed by atoms with Crippen molar-refractivity contribution in [2.24, 2.45) is 0 Å². The molecular weight excluding hydrogens is 605 g/mol. The Balaban J connectivity index is 0.944. The van der Waals surface area contributed by atoms with Crippen molar-refractivity contribution in [2.75, 3.05) is 0 Å². The summed E-state index contributed by atoms with van der Waals surface area (Å²) in [5.41, 5.74) is 13.6. The second-order valence-corrected chi connectivity index (χ2v) is 13.3. The topological polar surface area (TPSA) is 9.86 Å². The minimum absolute atomic E-state index is 0.330. The molecule has 2 heterocycles. The lowest BCUT2D eigenvalue weighted by atomic mass is 9.87. The lowest BCUT2D eigenvalue weighted by molar-refractivity contribution is 0.856. The van der Waals surface area contributed by atoms with Crippen LogP contribution in [-0.2, 0) is 0 Å². The molecule has 236 valence electrons.